The van der Waals surface area contributed by atoms with Crippen LogP contribution in [0.15, 0.2) is 11.0 Å². The Bertz CT molecular complexity index is 534. The Morgan fingerprint density at radius 3 is 2.26 bits per heavy atom. The topological polar surface area (TPSA) is 37.4 Å². The van der Waals surface area contributed by atoms with Crippen LogP contribution in [0.25, 0.3) is 0 Å². The fraction of sp³-hybridized carbons (Fsp3) is 0.667. The van der Waals surface area contributed by atoms with Gasteiger partial charge in [-0.3, -0.25) is 0 Å². The zero-order chi connectivity index (χ0) is 14.0. The van der Waals surface area contributed by atoms with E-state index in [0.29, 0.717) is 4.34 Å². The van der Waals surface area contributed by atoms with Gasteiger partial charge in [0.05, 0.1) is 4.34 Å². The monoisotopic (exact) mass is 341 g/mol. The average molecular weight is 342 g/mol. The number of sulfonamides is 1. The number of rotatable bonds is 3. The molecule has 1 aliphatic carbocycles. The number of halogens is 2. The Balaban J connectivity index is 2.25. The van der Waals surface area contributed by atoms with Crippen molar-refractivity contribution in [1.29, 1.82) is 0 Å². The van der Waals surface area contributed by atoms with Crippen LogP contribution in [0.2, 0.25) is 8.67 Å². The molecule has 1 heterocycles. The summed E-state index contributed by atoms with van der Waals surface area (Å²) in [5.41, 5.74) is 0. The van der Waals surface area contributed by atoms with Crippen LogP contribution in [0, 0.1) is 0 Å². The van der Waals surface area contributed by atoms with Crippen molar-refractivity contribution >= 4 is 44.6 Å². The lowest BCUT2D eigenvalue weighted by Gasteiger charge is -2.26. The summed E-state index contributed by atoms with van der Waals surface area (Å²) in [5, 5.41) is 0. The van der Waals surface area contributed by atoms with Crippen LogP contribution in [-0.4, -0.2) is 25.8 Å². The largest absolute Gasteiger partial charge is 0.245 e. The molecule has 0 bridgehead atoms. The summed E-state index contributed by atoms with van der Waals surface area (Å²) in [7, 11) is -1.89. The van der Waals surface area contributed by atoms with E-state index in [1.54, 1.807) is 7.05 Å². The maximum atomic E-state index is 12.6. The lowest BCUT2D eigenvalue weighted by Crippen LogP contribution is -2.36. The van der Waals surface area contributed by atoms with Crippen LogP contribution in [0.4, 0.5) is 0 Å². The summed E-state index contributed by atoms with van der Waals surface area (Å²) in [6, 6.07) is 1.51. The lowest BCUT2D eigenvalue weighted by molar-refractivity contribution is 0.336. The Labute approximate surface area is 128 Å². The van der Waals surface area contributed by atoms with Gasteiger partial charge in [-0.25, -0.2) is 8.42 Å². The normalized spacial score (nSPS) is 18.7. The Kier molecular flexibility index (Phi) is 5.17. The molecule has 0 atom stereocenters. The molecule has 19 heavy (non-hydrogen) atoms. The first-order valence-corrected chi connectivity index (χ1v) is 9.37. The van der Waals surface area contributed by atoms with Gasteiger partial charge in [-0.2, -0.15) is 4.31 Å². The van der Waals surface area contributed by atoms with E-state index < -0.39 is 10.0 Å². The molecule has 3 nitrogen and oxygen atoms in total. The van der Waals surface area contributed by atoms with E-state index in [1.807, 2.05) is 0 Å². The summed E-state index contributed by atoms with van der Waals surface area (Å²) < 4.78 is 27.3. The van der Waals surface area contributed by atoms with Crippen LogP contribution in [-0.2, 0) is 10.0 Å². The van der Waals surface area contributed by atoms with E-state index in [0.717, 1.165) is 37.0 Å². The molecule has 0 N–H and O–H groups in total. The molecule has 1 fully saturated rings. The second-order valence-electron chi connectivity index (χ2n) is 4.86. The minimum Gasteiger partial charge on any atom is -0.207 e. The molecule has 0 aromatic carbocycles. The van der Waals surface area contributed by atoms with Crippen molar-refractivity contribution in [3.8, 4) is 0 Å². The average Bonchev–Trinajstić information content (AvgIpc) is 2.58. The number of nitrogens with zero attached hydrogens (tertiary/aromatic N) is 1. The summed E-state index contributed by atoms with van der Waals surface area (Å²) in [5.74, 6) is 0. The molecule has 0 spiro atoms. The third kappa shape index (κ3) is 3.45. The molecule has 0 unspecified atom stereocenters. The van der Waals surface area contributed by atoms with E-state index >= 15 is 0 Å². The predicted molar refractivity (Wildman–Crippen MR) is 80.8 cm³/mol. The van der Waals surface area contributed by atoms with Gasteiger partial charge in [-0.05, 0) is 18.9 Å². The van der Waals surface area contributed by atoms with E-state index in [4.69, 9.17) is 23.2 Å². The summed E-state index contributed by atoms with van der Waals surface area (Å²) in [6.45, 7) is 0. The van der Waals surface area contributed by atoms with E-state index in [9.17, 15) is 8.42 Å². The third-order valence-corrected chi connectivity index (χ3v) is 7.28. The molecule has 0 aliphatic heterocycles. The maximum absolute atomic E-state index is 12.6. The van der Waals surface area contributed by atoms with E-state index in [-0.39, 0.29) is 15.3 Å². The van der Waals surface area contributed by atoms with Gasteiger partial charge >= 0.3 is 0 Å². The molecule has 7 heteroatoms. The van der Waals surface area contributed by atoms with Gasteiger partial charge in [0.2, 0.25) is 10.0 Å². The first kappa shape index (κ1) is 15.6. The molecule has 108 valence electrons. The van der Waals surface area contributed by atoms with Crippen LogP contribution < -0.4 is 0 Å². The van der Waals surface area contributed by atoms with Crippen molar-refractivity contribution < 1.29 is 8.42 Å². The summed E-state index contributed by atoms with van der Waals surface area (Å²) in [6.07, 6.45) is 6.40. The zero-order valence-corrected chi connectivity index (χ0v) is 13.9. The fourth-order valence-corrected chi connectivity index (χ4v) is 6.00. The smallest absolute Gasteiger partial charge is 0.207 e. The van der Waals surface area contributed by atoms with Gasteiger partial charge in [0.25, 0.3) is 0 Å². The van der Waals surface area contributed by atoms with Crippen LogP contribution >= 0.6 is 34.5 Å². The van der Waals surface area contributed by atoms with Gasteiger partial charge in [0.15, 0.2) is 0 Å². The Morgan fingerprint density at radius 1 is 1.21 bits per heavy atom. The molecule has 1 aromatic rings. The molecule has 0 radical (unpaired) electrons. The molecule has 2 rings (SSSR count). The van der Waals surface area contributed by atoms with Crippen molar-refractivity contribution in [2.75, 3.05) is 7.05 Å². The van der Waals surface area contributed by atoms with E-state index in [1.165, 1.54) is 23.2 Å². The minimum absolute atomic E-state index is 0.0715. The third-order valence-electron chi connectivity index (χ3n) is 3.62. The summed E-state index contributed by atoms with van der Waals surface area (Å²) >= 11 is 12.9. The second-order valence-corrected chi connectivity index (χ2v) is 9.11. The zero-order valence-electron chi connectivity index (χ0n) is 10.7. The highest BCUT2D eigenvalue weighted by Crippen LogP contribution is 2.36. The number of hydrogen-bond acceptors (Lipinski definition) is 3. The van der Waals surface area contributed by atoms with Crippen molar-refractivity contribution in [2.24, 2.45) is 0 Å². The summed E-state index contributed by atoms with van der Waals surface area (Å²) in [4.78, 5) is 0.135. The number of hydrogen-bond donors (Lipinski definition) is 0. The molecular formula is C12H17Cl2NO2S2. The van der Waals surface area contributed by atoms with E-state index in [2.05, 4.69) is 0 Å². The predicted octanol–water partition coefficient (Wildman–Crippen LogP) is 4.40. The standard InChI is InChI=1S/C12H17Cl2NO2S2/c1-15(9-6-4-2-3-5-7-9)19(16,17)10-8-11(13)18-12(10)14/h8-9H,2-7H2,1H3. The van der Waals surface area contributed by atoms with Gasteiger partial charge < -0.3 is 0 Å². The minimum atomic E-state index is -3.54. The fourth-order valence-electron chi connectivity index (χ4n) is 2.47. The molecule has 0 saturated heterocycles. The maximum Gasteiger partial charge on any atom is 0.245 e. The molecule has 1 aromatic heterocycles. The Morgan fingerprint density at radius 2 is 1.79 bits per heavy atom. The second kappa shape index (κ2) is 6.31. The SMILES string of the molecule is CN(C1CCCCCC1)S(=O)(=O)c1cc(Cl)sc1Cl. The highest BCUT2D eigenvalue weighted by Gasteiger charge is 2.31. The molecule has 1 aliphatic rings. The molecular weight excluding hydrogens is 325 g/mol. The van der Waals surface area contributed by atoms with Gasteiger partial charge in [-0.1, -0.05) is 48.9 Å². The first-order chi connectivity index (χ1) is 8.93. The van der Waals surface area contributed by atoms with Crippen LogP contribution in [0.3, 0.4) is 0 Å². The van der Waals surface area contributed by atoms with Crippen LogP contribution in [0.5, 0.6) is 0 Å². The molecule has 0 amide bonds. The van der Waals surface area contributed by atoms with Crippen molar-refractivity contribution in [3.63, 3.8) is 0 Å². The van der Waals surface area contributed by atoms with Crippen molar-refractivity contribution in [3.05, 3.63) is 14.7 Å². The Hall–Kier alpha value is 0.190. The highest BCUT2D eigenvalue weighted by molar-refractivity contribution is 7.89. The highest BCUT2D eigenvalue weighted by atomic mass is 35.5. The quantitative estimate of drug-likeness (QED) is 0.764. The van der Waals surface area contributed by atoms with Gasteiger partial charge in [0.1, 0.15) is 9.23 Å². The number of thiophene rings is 1. The molecule has 1 saturated carbocycles. The van der Waals surface area contributed by atoms with Crippen molar-refractivity contribution in [2.45, 2.75) is 49.5 Å². The van der Waals surface area contributed by atoms with Gasteiger partial charge in [0, 0.05) is 13.1 Å². The van der Waals surface area contributed by atoms with Crippen molar-refractivity contribution in [1.82, 2.24) is 4.31 Å². The van der Waals surface area contributed by atoms with Crippen LogP contribution in [0.1, 0.15) is 38.5 Å². The first-order valence-electron chi connectivity index (χ1n) is 6.36. The lowest BCUT2D eigenvalue weighted by atomic mass is 10.1. The van der Waals surface area contributed by atoms with Gasteiger partial charge in [-0.15, -0.1) is 11.3 Å².